The van der Waals surface area contributed by atoms with Crippen LogP contribution in [0.2, 0.25) is 0 Å². The Hall–Kier alpha value is -3.45. The molecule has 1 aliphatic rings. The average Bonchev–Trinajstić information content (AvgIpc) is 2.83. The topological polar surface area (TPSA) is 73.8 Å². The van der Waals surface area contributed by atoms with Gasteiger partial charge in [-0.1, -0.05) is 18.2 Å². The zero-order valence-electron chi connectivity index (χ0n) is 16.6. The Morgan fingerprint density at radius 2 is 1.73 bits per heavy atom. The van der Waals surface area contributed by atoms with Crippen molar-refractivity contribution in [2.75, 3.05) is 31.2 Å². The van der Waals surface area contributed by atoms with Crippen molar-refractivity contribution in [3.8, 4) is 5.75 Å². The van der Waals surface area contributed by atoms with Gasteiger partial charge in [0.25, 0.3) is 0 Å². The molecule has 2 aromatic heterocycles. The lowest BCUT2D eigenvalue weighted by Crippen LogP contribution is -2.37. The largest absolute Gasteiger partial charge is 0.487 e. The van der Waals surface area contributed by atoms with Gasteiger partial charge in [-0.2, -0.15) is 0 Å². The lowest BCUT2D eigenvalue weighted by atomic mass is 10.2. The summed E-state index contributed by atoms with van der Waals surface area (Å²) in [6.45, 7) is 3.24. The number of hydrogen-bond donors (Lipinski definition) is 0. The summed E-state index contributed by atoms with van der Waals surface area (Å²) >= 11 is 0. The number of carbonyl (C=O) groups excluding carboxylic acids is 1. The maximum Gasteiger partial charge on any atom is 0.342 e. The molecule has 0 spiro atoms. The molecule has 0 saturated carbocycles. The van der Waals surface area contributed by atoms with Crippen LogP contribution >= 0.6 is 0 Å². The number of benzene rings is 1. The molecule has 1 saturated heterocycles. The minimum atomic E-state index is -0.389. The van der Waals surface area contributed by atoms with Gasteiger partial charge in [0.05, 0.1) is 18.9 Å². The van der Waals surface area contributed by atoms with E-state index < -0.39 is 0 Å². The van der Waals surface area contributed by atoms with Gasteiger partial charge in [0.15, 0.2) is 0 Å². The third-order valence-electron chi connectivity index (χ3n) is 4.72. The smallest absolute Gasteiger partial charge is 0.342 e. The van der Waals surface area contributed by atoms with E-state index in [-0.39, 0.29) is 12.6 Å². The quantitative estimate of drug-likeness (QED) is 0.559. The van der Waals surface area contributed by atoms with Crippen LogP contribution in [0.15, 0.2) is 67.0 Å². The SMILES string of the molecule is O=C(OCc1ccc(OCc2ccccn2)cc1)c1cccnc1N1CCOCC1. The van der Waals surface area contributed by atoms with Crippen molar-refractivity contribution in [3.63, 3.8) is 0 Å². The summed E-state index contributed by atoms with van der Waals surface area (Å²) in [5.41, 5.74) is 2.21. The third kappa shape index (κ3) is 5.12. The number of morpholine rings is 1. The molecule has 1 aliphatic heterocycles. The predicted octanol–water partition coefficient (Wildman–Crippen LogP) is 3.25. The van der Waals surface area contributed by atoms with Crippen molar-refractivity contribution in [1.82, 2.24) is 9.97 Å². The van der Waals surface area contributed by atoms with Gasteiger partial charge in [0.1, 0.15) is 30.3 Å². The van der Waals surface area contributed by atoms with E-state index in [0.717, 1.165) is 17.0 Å². The highest BCUT2D eigenvalue weighted by Crippen LogP contribution is 2.20. The normalized spacial score (nSPS) is 13.7. The molecule has 30 heavy (non-hydrogen) atoms. The van der Waals surface area contributed by atoms with Crippen molar-refractivity contribution < 1.29 is 19.0 Å². The molecule has 4 rings (SSSR count). The summed E-state index contributed by atoms with van der Waals surface area (Å²) in [4.78, 5) is 23.3. The molecule has 7 nitrogen and oxygen atoms in total. The van der Waals surface area contributed by atoms with Gasteiger partial charge < -0.3 is 19.1 Å². The average molecular weight is 405 g/mol. The molecular formula is C23H23N3O4. The monoisotopic (exact) mass is 405 g/mol. The number of carbonyl (C=O) groups is 1. The molecule has 0 atom stereocenters. The minimum Gasteiger partial charge on any atom is -0.487 e. The third-order valence-corrected chi connectivity index (χ3v) is 4.72. The second-order valence-corrected chi connectivity index (χ2v) is 6.80. The Morgan fingerprint density at radius 1 is 0.933 bits per heavy atom. The molecule has 0 amide bonds. The van der Waals surface area contributed by atoms with Crippen LogP contribution in [0.1, 0.15) is 21.6 Å². The van der Waals surface area contributed by atoms with E-state index in [0.29, 0.717) is 44.3 Å². The van der Waals surface area contributed by atoms with Crippen LogP contribution in [0.25, 0.3) is 0 Å². The first-order valence-electron chi connectivity index (χ1n) is 9.86. The van der Waals surface area contributed by atoms with E-state index in [1.54, 1.807) is 24.5 Å². The molecule has 154 valence electrons. The van der Waals surface area contributed by atoms with E-state index in [2.05, 4.69) is 9.97 Å². The molecule has 7 heteroatoms. The molecule has 0 bridgehead atoms. The van der Waals surface area contributed by atoms with Crippen molar-refractivity contribution in [2.45, 2.75) is 13.2 Å². The van der Waals surface area contributed by atoms with Crippen molar-refractivity contribution >= 4 is 11.8 Å². The summed E-state index contributed by atoms with van der Waals surface area (Å²) in [5, 5.41) is 0. The van der Waals surface area contributed by atoms with Gasteiger partial charge in [0.2, 0.25) is 0 Å². The molecule has 0 radical (unpaired) electrons. The fourth-order valence-electron chi connectivity index (χ4n) is 3.13. The number of hydrogen-bond acceptors (Lipinski definition) is 7. The summed E-state index contributed by atoms with van der Waals surface area (Å²) in [5.74, 6) is 0.988. The fourth-order valence-corrected chi connectivity index (χ4v) is 3.13. The predicted molar refractivity (Wildman–Crippen MR) is 111 cm³/mol. The van der Waals surface area contributed by atoms with Gasteiger partial charge in [-0.25, -0.2) is 9.78 Å². The molecule has 3 aromatic rings. The standard InChI is InChI=1S/C23H23N3O4/c27-23(21-5-3-11-25-22(21)26-12-14-28-15-13-26)30-16-18-6-8-20(9-7-18)29-17-19-4-1-2-10-24-19/h1-11H,12-17H2. The molecule has 1 fully saturated rings. The lowest BCUT2D eigenvalue weighted by Gasteiger charge is -2.28. The van der Waals surface area contributed by atoms with Crippen molar-refractivity contribution in [1.29, 1.82) is 0 Å². The van der Waals surface area contributed by atoms with Crippen molar-refractivity contribution in [3.05, 3.63) is 83.8 Å². The minimum absolute atomic E-state index is 0.177. The van der Waals surface area contributed by atoms with Gasteiger partial charge in [-0.15, -0.1) is 0 Å². The van der Waals surface area contributed by atoms with Crippen LogP contribution in [0.5, 0.6) is 5.75 Å². The van der Waals surface area contributed by atoms with E-state index in [9.17, 15) is 4.79 Å². The fraction of sp³-hybridized carbons (Fsp3) is 0.261. The van der Waals surface area contributed by atoms with E-state index in [1.165, 1.54) is 0 Å². The highest BCUT2D eigenvalue weighted by Gasteiger charge is 2.20. The molecule has 0 aliphatic carbocycles. The Morgan fingerprint density at radius 3 is 2.50 bits per heavy atom. The van der Waals surface area contributed by atoms with Crippen LogP contribution in [0, 0.1) is 0 Å². The first-order chi connectivity index (χ1) is 14.8. The lowest BCUT2D eigenvalue weighted by molar-refractivity contribution is 0.0472. The summed E-state index contributed by atoms with van der Waals surface area (Å²) < 4.78 is 16.6. The Kier molecular flexibility index (Phi) is 6.51. The van der Waals surface area contributed by atoms with Crippen LogP contribution in [-0.4, -0.2) is 42.2 Å². The number of esters is 1. The van der Waals surface area contributed by atoms with Gasteiger partial charge >= 0.3 is 5.97 Å². The van der Waals surface area contributed by atoms with Crippen LogP contribution in [-0.2, 0) is 22.7 Å². The number of aromatic nitrogens is 2. The van der Waals surface area contributed by atoms with E-state index >= 15 is 0 Å². The van der Waals surface area contributed by atoms with Gasteiger partial charge in [-0.3, -0.25) is 4.98 Å². The molecule has 3 heterocycles. The number of nitrogens with zero attached hydrogens (tertiary/aromatic N) is 3. The molecular weight excluding hydrogens is 382 g/mol. The summed E-state index contributed by atoms with van der Waals surface area (Å²) in [6.07, 6.45) is 3.42. The molecule has 1 aromatic carbocycles. The second-order valence-electron chi connectivity index (χ2n) is 6.80. The van der Waals surface area contributed by atoms with E-state index in [4.69, 9.17) is 14.2 Å². The van der Waals surface area contributed by atoms with E-state index in [1.807, 2.05) is 47.4 Å². The zero-order chi connectivity index (χ0) is 20.6. The van der Waals surface area contributed by atoms with Crippen LogP contribution in [0.4, 0.5) is 5.82 Å². The number of ether oxygens (including phenoxy) is 3. The number of rotatable bonds is 7. The van der Waals surface area contributed by atoms with Crippen molar-refractivity contribution in [2.24, 2.45) is 0 Å². The first kappa shape index (κ1) is 19.8. The summed E-state index contributed by atoms with van der Waals surface area (Å²) in [6, 6.07) is 16.7. The number of anilines is 1. The first-order valence-corrected chi connectivity index (χ1v) is 9.86. The highest BCUT2D eigenvalue weighted by atomic mass is 16.5. The van der Waals surface area contributed by atoms with Crippen LogP contribution in [0.3, 0.4) is 0 Å². The molecule has 0 unspecified atom stereocenters. The summed E-state index contributed by atoms with van der Waals surface area (Å²) in [7, 11) is 0. The maximum atomic E-state index is 12.7. The Labute approximate surface area is 175 Å². The maximum absolute atomic E-state index is 12.7. The van der Waals surface area contributed by atoms with Gasteiger partial charge in [-0.05, 0) is 42.0 Å². The second kappa shape index (κ2) is 9.84. The Bertz CT molecular complexity index is 958. The van der Waals surface area contributed by atoms with Crippen LogP contribution < -0.4 is 9.64 Å². The molecule has 0 N–H and O–H groups in total. The Balaban J connectivity index is 1.33. The zero-order valence-corrected chi connectivity index (χ0v) is 16.6. The number of pyridine rings is 2. The van der Waals surface area contributed by atoms with Gasteiger partial charge in [0, 0.05) is 25.5 Å². The highest BCUT2D eigenvalue weighted by molar-refractivity contribution is 5.94.